The Morgan fingerprint density at radius 2 is 2.05 bits per heavy atom. The molecular formula is C14H28N2O3. The molecule has 0 radical (unpaired) electrons. The third-order valence-electron chi connectivity index (χ3n) is 3.40. The van der Waals surface area contributed by atoms with Crippen LogP contribution in [0.4, 0.5) is 0 Å². The second-order valence-corrected chi connectivity index (χ2v) is 5.42. The fourth-order valence-corrected chi connectivity index (χ4v) is 2.50. The van der Waals surface area contributed by atoms with Crippen molar-refractivity contribution >= 4 is 5.91 Å². The van der Waals surface area contributed by atoms with E-state index in [2.05, 4.69) is 26.1 Å². The molecule has 1 aliphatic rings. The molecule has 1 heterocycles. The summed E-state index contributed by atoms with van der Waals surface area (Å²) < 4.78 is 11.5. The summed E-state index contributed by atoms with van der Waals surface area (Å²) in [6, 6.07) is -0.283. The maximum atomic E-state index is 11.3. The van der Waals surface area contributed by atoms with Gasteiger partial charge in [-0.2, -0.15) is 0 Å². The number of nitrogens with two attached hydrogens (primary N) is 1. The lowest BCUT2D eigenvalue weighted by Gasteiger charge is -2.32. The number of hydrogen-bond donors (Lipinski definition) is 2. The van der Waals surface area contributed by atoms with E-state index in [1.54, 1.807) is 0 Å². The van der Waals surface area contributed by atoms with Gasteiger partial charge in [0.2, 0.25) is 5.91 Å². The molecule has 0 spiro atoms. The molecular weight excluding hydrogens is 244 g/mol. The average Bonchev–Trinajstić information content (AvgIpc) is 2.31. The van der Waals surface area contributed by atoms with Crippen LogP contribution < -0.4 is 11.1 Å². The van der Waals surface area contributed by atoms with Gasteiger partial charge in [0.25, 0.3) is 0 Å². The molecule has 0 aromatic rings. The molecule has 1 amide bonds. The lowest BCUT2D eigenvalue weighted by atomic mass is 10.0. The Balaban J connectivity index is 2.25. The van der Waals surface area contributed by atoms with Gasteiger partial charge in [0.1, 0.15) is 0 Å². The number of primary amides is 1. The van der Waals surface area contributed by atoms with Gasteiger partial charge in [-0.15, -0.1) is 0 Å². The Morgan fingerprint density at radius 1 is 1.42 bits per heavy atom. The monoisotopic (exact) mass is 272 g/mol. The maximum Gasteiger partial charge on any atom is 0.234 e. The SMILES string of the molecule is CCCNC(CCOC1CC(C)OC(C)C1)C(N)=O. The first kappa shape index (κ1) is 16.4. The van der Waals surface area contributed by atoms with Gasteiger partial charge in [-0.25, -0.2) is 0 Å². The van der Waals surface area contributed by atoms with Crippen LogP contribution in [0.5, 0.6) is 0 Å². The van der Waals surface area contributed by atoms with E-state index in [1.165, 1.54) is 0 Å². The first-order chi connectivity index (χ1) is 9.02. The molecule has 0 aromatic carbocycles. The van der Waals surface area contributed by atoms with Crippen LogP contribution in [0, 0.1) is 0 Å². The molecule has 19 heavy (non-hydrogen) atoms. The third kappa shape index (κ3) is 6.36. The van der Waals surface area contributed by atoms with Crippen molar-refractivity contribution in [2.45, 2.75) is 70.8 Å². The molecule has 5 heteroatoms. The van der Waals surface area contributed by atoms with E-state index >= 15 is 0 Å². The van der Waals surface area contributed by atoms with E-state index in [4.69, 9.17) is 15.2 Å². The molecule has 0 bridgehead atoms. The molecule has 1 aliphatic heterocycles. The zero-order valence-corrected chi connectivity index (χ0v) is 12.4. The largest absolute Gasteiger partial charge is 0.378 e. The molecule has 1 rings (SSSR count). The number of ether oxygens (including phenoxy) is 2. The second kappa shape index (κ2) is 8.51. The molecule has 3 atom stereocenters. The Hall–Kier alpha value is -0.650. The van der Waals surface area contributed by atoms with Crippen molar-refractivity contribution in [3.05, 3.63) is 0 Å². The van der Waals surface area contributed by atoms with Crippen LogP contribution >= 0.6 is 0 Å². The van der Waals surface area contributed by atoms with Crippen LogP contribution in [-0.2, 0) is 14.3 Å². The predicted molar refractivity (Wildman–Crippen MR) is 74.9 cm³/mol. The third-order valence-corrected chi connectivity index (χ3v) is 3.40. The minimum Gasteiger partial charge on any atom is -0.378 e. The number of carbonyl (C=O) groups excluding carboxylic acids is 1. The lowest BCUT2D eigenvalue weighted by Crippen LogP contribution is -2.43. The summed E-state index contributed by atoms with van der Waals surface area (Å²) in [6.45, 7) is 7.57. The van der Waals surface area contributed by atoms with Gasteiger partial charge in [0.15, 0.2) is 0 Å². The van der Waals surface area contributed by atoms with E-state index in [1.807, 2.05) is 0 Å². The minimum absolute atomic E-state index is 0.235. The van der Waals surface area contributed by atoms with Crippen molar-refractivity contribution in [1.82, 2.24) is 5.32 Å². The van der Waals surface area contributed by atoms with E-state index < -0.39 is 0 Å². The standard InChI is InChI=1S/C14H28N2O3/c1-4-6-16-13(14(15)17)5-7-18-12-8-10(2)19-11(3)9-12/h10-13,16H,4-9H2,1-3H3,(H2,15,17). The Labute approximate surface area is 116 Å². The maximum absolute atomic E-state index is 11.3. The molecule has 1 saturated heterocycles. The minimum atomic E-state index is -0.300. The van der Waals surface area contributed by atoms with Crippen molar-refractivity contribution < 1.29 is 14.3 Å². The van der Waals surface area contributed by atoms with Crippen molar-refractivity contribution in [1.29, 1.82) is 0 Å². The molecule has 3 unspecified atom stereocenters. The van der Waals surface area contributed by atoms with Crippen molar-refractivity contribution in [2.75, 3.05) is 13.2 Å². The molecule has 5 nitrogen and oxygen atoms in total. The average molecular weight is 272 g/mol. The van der Waals surface area contributed by atoms with Gasteiger partial charge in [0, 0.05) is 6.61 Å². The zero-order chi connectivity index (χ0) is 14.3. The molecule has 3 N–H and O–H groups in total. The number of amides is 1. The zero-order valence-electron chi connectivity index (χ0n) is 12.4. The fourth-order valence-electron chi connectivity index (χ4n) is 2.50. The predicted octanol–water partition coefficient (Wildman–Crippen LogP) is 1.20. The summed E-state index contributed by atoms with van der Waals surface area (Å²) >= 11 is 0. The van der Waals surface area contributed by atoms with Crippen LogP contribution in [0.1, 0.15) is 46.5 Å². The van der Waals surface area contributed by atoms with Crippen LogP contribution in [0.15, 0.2) is 0 Å². The highest BCUT2D eigenvalue weighted by atomic mass is 16.5. The Kier molecular flexibility index (Phi) is 7.34. The van der Waals surface area contributed by atoms with E-state index in [0.29, 0.717) is 13.0 Å². The lowest BCUT2D eigenvalue weighted by molar-refractivity contribution is -0.122. The number of rotatable bonds is 8. The normalized spacial score (nSPS) is 29.1. The van der Waals surface area contributed by atoms with Gasteiger partial charge in [-0.05, 0) is 46.1 Å². The molecule has 1 fully saturated rings. The second-order valence-electron chi connectivity index (χ2n) is 5.42. The Bertz CT molecular complexity index is 263. The number of nitrogens with one attached hydrogen (secondary N) is 1. The van der Waals surface area contributed by atoms with Crippen LogP contribution in [-0.4, -0.2) is 43.4 Å². The number of carbonyl (C=O) groups is 1. The summed E-state index contributed by atoms with van der Waals surface area (Å²) in [4.78, 5) is 11.3. The van der Waals surface area contributed by atoms with Crippen LogP contribution in [0.3, 0.4) is 0 Å². The summed E-state index contributed by atoms with van der Waals surface area (Å²) in [5, 5.41) is 3.14. The quantitative estimate of drug-likeness (QED) is 0.696. The van der Waals surface area contributed by atoms with E-state index in [9.17, 15) is 4.79 Å². The highest BCUT2D eigenvalue weighted by Crippen LogP contribution is 2.21. The Morgan fingerprint density at radius 3 is 2.58 bits per heavy atom. The number of hydrogen-bond acceptors (Lipinski definition) is 4. The smallest absolute Gasteiger partial charge is 0.234 e. The highest BCUT2D eigenvalue weighted by Gasteiger charge is 2.25. The molecule has 0 saturated carbocycles. The van der Waals surface area contributed by atoms with Gasteiger partial charge in [-0.3, -0.25) is 4.79 Å². The van der Waals surface area contributed by atoms with Gasteiger partial charge in [-0.1, -0.05) is 6.92 Å². The first-order valence-corrected chi connectivity index (χ1v) is 7.32. The van der Waals surface area contributed by atoms with E-state index in [-0.39, 0.29) is 30.3 Å². The van der Waals surface area contributed by atoms with Crippen molar-refractivity contribution in [3.8, 4) is 0 Å². The fraction of sp³-hybridized carbons (Fsp3) is 0.929. The molecule has 0 aromatic heterocycles. The van der Waals surface area contributed by atoms with Crippen LogP contribution in [0.25, 0.3) is 0 Å². The van der Waals surface area contributed by atoms with Crippen LogP contribution in [0.2, 0.25) is 0 Å². The summed E-state index contributed by atoms with van der Waals surface area (Å²) in [7, 11) is 0. The summed E-state index contributed by atoms with van der Waals surface area (Å²) in [5.74, 6) is -0.300. The molecule has 0 aliphatic carbocycles. The van der Waals surface area contributed by atoms with Gasteiger partial charge < -0.3 is 20.5 Å². The van der Waals surface area contributed by atoms with Gasteiger partial charge in [0.05, 0.1) is 24.4 Å². The summed E-state index contributed by atoms with van der Waals surface area (Å²) in [6.07, 6.45) is 4.20. The van der Waals surface area contributed by atoms with Crippen molar-refractivity contribution in [3.63, 3.8) is 0 Å². The highest BCUT2D eigenvalue weighted by molar-refractivity contribution is 5.79. The molecule has 112 valence electrons. The first-order valence-electron chi connectivity index (χ1n) is 7.32. The van der Waals surface area contributed by atoms with E-state index in [0.717, 1.165) is 25.8 Å². The topological polar surface area (TPSA) is 73.6 Å². The summed E-state index contributed by atoms with van der Waals surface area (Å²) in [5.41, 5.74) is 5.36. The van der Waals surface area contributed by atoms with Gasteiger partial charge >= 0.3 is 0 Å². The van der Waals surface area contributed by atoms with Crippen molar-refractivity contribution in [2.24, 2.45) is 5.73 Å².